The molecule has 16 heavy (non-hydrogen) atoms. The number of fused-ring (bicyclic) bond motifs is 1. The third kappa shape index (κ3) is 1.85. The van der Waals surface area contributed by atoms with Crippen LogP contribution in [0.25, 0.3) is 0 Å². The molecule has 2 rings (SSSR count). The number of amides is 1. The van der Waals surface area contributed by atoms with Crippen LogP contribution < -0.4 is 4.90 Å². The van der Waals surface area contributed by atoms with Crippen molar-refractivity contribution >= 4 is 17.8 Å². The summed E-state index contributed by atoms with van der Waals surface area (Å²) in [5.41, 5.74) is 3.20. The molecule has 1 aromatic carbocycles. The second-order valence-corrected chi connectivity index (χ2v) is 4.03. The van der Waals surface area contributed by atoms with Gasteiger partial charge in [0.2, 0.25) is 5.91 Å². The molecule has 0 saturated heterocycles. The fraction of sp³-hybridized carbons (Fsp3) is 0.385. The number of benzodiazepines with no additional fused rings is 1. The zero-order chi connectivity index (χ0) is 11.5. The standard InChI is InChI=1S/C13H16N2O/c1-3-7-15-12(16)9-14-8-11-6-4-5-10(2)13(11)15/h4-6,8H,3,7,9H2,1-2H3. The molecule has 0 N–H and O–H groups in total. The van der Waals surface area contributed by atoms with E-state index in [1.807, 2.05) is 30.0 Å². The predicted octanol–water partition coefficient (Wildman–Crippen LogP) is 2.17. The van der Waals surface area contributed by atoms with Crippen LogP contribution in [0.5, 0.6) is 0 Å². The number of carbonyl (C=O) groups excluding carboxylic acids is 1. The fourth-order valence-electron chi connectivity index (χ4n) is 2.05. The Hall–Kier alpha value is -1.64. The fourth-order valence-corrected chi connectivity index (χ4v) is 2.05. The molecular weight excluding hydrogens is 200 g/mol. The lowest BCUT2D eigenvalue weighted by atomic mass is 10.1. The maximum absolute atomic E-state index is 11.9. The molecule has 0 unspecified atom stereocenters. The van der Waals surface area contributed by atoms with Gasteiger partial charge in [-0.2, -0.15) is 0 Å². The number of benzene rings is 1. The van der Waals surface area contributed by atoms with Gasteiger partial charge in [-0.1, -0.05) is 25.1 Å². The number of hydrogen-bond donors (Lipinski definition) is 0. The maximum Gasteiger partial charge on any atom is 0.248 e. The molecule has 0 spiro atoms. The first-order valence-electron chi connectivity index (χ1n) is 5.64. The Morgan fingerprint density at radius 2 is 2.25 bits per heavy atom. The Morgan fingerprint density at radius 1 is 1.44 bits per heavy atom. The SMILES string of the molecule is CCCN1C(=O)CN=Cc2cccc(C)c21. The van der Waals surface area contributed by atoms with Crippen LogP contribution in [-0.4, -0.2) is 25.2 Å². The molecule has 84 valence electrons. The van der Waals surface area contributed by atoms with E-state index in [4.69, 9.17) is 0 Å². The molecule has 1 heterocycles. The summed E-state index contributed by atoms with van der Waals surface area (Å²) in [6.07, 6.45) is 2.76. The molecule has 3 heteroatoms. The van der Waals surface area contributed by atoms with Crippen LogP contribution >= 0.6 is 0 Å². The number of hydrogen-bond acceptors (Lipinski definition) is 2. The van der Waals surface area contributed by atoms with Gasteiger partial charge in [0.25, 0.3) is 0 Å². The Morgan fingerprint density at radius 3 is 3.00 bits per heavy atom. The van der Waals surface area contributed by atoms with Crippen molar-refractivity contribution in [1.82, 2.24) is 0 Å². The van der Waals surface area contributed by atoms with Crippen molar-refractivity contribution in [3.63, 3.8) is 0 Å². The summed E-state index contributed by atoms with van der Waals surface area (Å²) in [5.74, 6) is 0.0890. The summed E-state index contributed by atoms with van der Waals surface area (Å²) < 4.78 is 0. The molecule has 1 aromatic rings. The average Bonchev–Trinajstić information content (AvgIpc) is 2.41. The molecule has 0 aliphatic carbocycles. The van der Waals surface area contributed by atoms with E-state index in [-0.39, 0.29) is 12.5 Å². The van der Waals surface area contributed by atoms with Gasteiger partial charge in [-0.25, -0.2) is 0 Å². The minimum Gasteiger partial charge on any atom is -0.310 e. The van der Waals surface area contributed by atoms with Crippen LogP contribution in [0.3, 0.4) is 0 Å². The summed E-state index contributed by atoms with van der Waals surface area (Å²) in [6, 6.07) is 6.04. The summed E-state index contributed by atoms with van der Waals surface area (Å²) in [7, 11) is 0. The highest BCUT2D eigenvalue weighted by Gasteiger charge is 2.20. The van der Waals surface area contributed by atoms with Crippen molar-refractivity contribution in [3.8, 4) is 0 Å². The van der Waals surface area contributed by atoms with Gasteiger partial charge in [0.05, 0.1) is 5.69 Å². The quantitative estimate of drug-likeness (QED) is 0.745. The second-order valence-electron chi connectivity index (χ2n) is 4.03. The number of nitrogens with zero attached hydrogens (tertiary/aromatic N) is 2. The van der Waals surface area contributed by atoms with Crippen LogP contribution in [0.15, 0.2) is 23.2 Å². The first-order valence-corrected chi connectivity index (χ1v) is 5.64. The Labute approximate surface area is 95.8 Å². The molecule has 1 aliphatic heterocycles. The highest BCUT2D eigenvalue weighted by molar-refractivity contribution is 6.04. The maximum atomic E-state index is 11.9. The van der Waals surface area contributed by atoms with Crippen LogP contribution in [0.2, 0.25) is 0 Å². The molecule has 1 aliphatic rings. The Bertz CT molecular complexity index is 438. The lowest BCUT2D eigenvalue weighted by Gasteiger charge is -2.23. The van der Waals surface area contributed by atoms with Crippen LogP contribution in [-0.2, 0) is 4.79 Å². The first-order chi connectivity index (χ1) is 7.74. The summed E-state index contributed by atoms with van der Waals surface area (Å²) >= 11 is 0. The molecule has 0 bridgehead atoms. The minimum atomic E-state index is 0.0890. The average molecular weight is 216 g/mol. The van der Waals surface area contributed by atoms with Gasteiger partial charge >= 0.3 is 0 Å². The van der Waals surface area contributed by atoms with E-state index in [2.05, 4.69) is 11.9 Å². The molecule has 0 radical (unpaired) electrons. The largest absolute Gasteiger partial charge is 0.310 e. The highest BCUT2D eigenvalue weighted by atomic mass is 16.2. The zero-order valence-corrected chi connectivity index (χ0v) is 9.73. The molecule has 0 saturated carbocycles. The van der Waals surface area contributed by atoms with Gasteiger partial charge in [-0.3, -0.25) is 9.79 Å². The van der Waals surface area contributed by atoms with E-state index in [1.54, 1.807) is 6.21 Å². The Balaban J connectivity index is 2.53. The summed E-state index contributed by atoms with van der Waals surface area (Å²) in [4.78, 5) is 17.9. The van der Waals surface area contributed by atoms with Crippen molar-refractivity contribution in [1.29, 1.82) is 0 Å². The lowest BCUT2D eigenvalue weighted by Crippen LogP contribution is -2.33. The molecule has 0 fully saturated rings. The third-order valence-corrected chi connectivity index (χ3v) is 2.74. The summed E-state index contributed by atoms with van der Waals surface area (Å²) in [6.45, 7) is 5.14. The number of aliphatic imine (C=N–C) groups is 1. The van der Waals surface area contributed by atoms with E-state index in [1.165, 1.54) is 0 Å². The monoisotopic (exact) mass is 216 g/mol. The van der Waals surface area contributed by atoms with Gasteiger partial charge in [-0.05, 0) is 18.9 Å². The lowest BCUT2D eigenvalue weighted by molar-refractivity contribution is -0.117. The van der Waals surface area contributed by atoms with Crippen LogP contribution in [0, 0.1) is 6.92 Å². The number of rotatable bonds is 2. The minimum absolute atomic E-state index is 0.0890. The molecule has 0 aromatic heterocycles. The van der Waals surface area contributed by atoms with E-state index >= 15 is 0 Å². The molecule has 3 nitrogen and oxygen atoms in total. The zero-order valence-electron chi connectivity index (χ0n) is 9.73. The van der Waals surface area contributed by atoms with Crippen molar-refractivity contribution in [3.05, 3.63) is 29.3 Å². The van der Waals surface area contributed by atoms with Crippen molar-refractivity contribution in [2.75, 3.05) is 18.0 Å². The number of anilines is 1. The molecule has 1 amide bonds. The summed E-state index contributed by atoms with van der Waals surface area (Å²) in [5, 5.41) is 0. The van der Waals surface area contributed by atoms with E-state index in [0.29, 0.717) is 0 Å². The predicted molar refractivity (Wildman–Crippen MR) is 66.3 cm³/mol. The third-order valence-electron chi connectivity index (χ3n) is 2.74. The number of para-hydroxylation sites is 1. The normalized spacial score (nSPS) is 14.9. The second kappa shape index (κ2) is 4.47. The Kier molecular flexibility index (Phi) is 3.04. The van der Waals surface area contributed by atoms with Crippen molar-refractivity contribution in [2.24, 2.45) is 4.99 Å². The first kappa shape index (κ1) is 10.9. The van der Waals surface area contributed by atoms with Gasteiger partial charge in [-0.15, -0.1) is 0 Å². The van der Waals surface area contributed by atoms with Gasteiger partial charge in [0.1, 0.15) is 6.54 Å². The van der Waals surface area contributed by atoms with Crippen molar-refractivity contribution in [2.45, 2.75) is 20.3 Å². The van der Waals surface area contributed by atoms with Crippen LogP contribution in [0.1, 0.15) is 24.5 Å². The van der Waals surface area contributed by atoms with Crippen LogP contribution in [0.4, 0.5) is 5.69 Å². The van der Waals surface area contributed by atoms with Gasteiger partial charge in [0, 0.05) is 18.3 Å². The van der Waals surface area contributed by atoms with E-state index < -0.39 is 0 Å². The van der Waals surface area contributed by atoms with Gasteiger partial charge in [0.15, 0.2) is 0 Å². The topological polar surface area (TPSA) is 32.7 Å². The number of carbonyl (C=O) groups is 1. The van der Waals surface area contributed by atoms with E-state index in [0.717, 1.165) is 29.8 Å². The number of aryl methyl sites for hydroxylation is 1. The van der Waals surface area contributed by atoms with Crippen molar-refractivity contribution < 1.29 is 4.79 Å². The molecular formula is C13H16N2O. The smallest absolute Gasteiger partial charge is 0.248 e. The molecule has 0 atom stereocenters. The highest BCUT2D eigenvalue weighted by Crippen LogP contribution is 2.26. The van der Waals surface area contributed by atoms with Gasteiger partial charge < -0.3 is 4.90 Å². The van der Waals surface area contributed by atoms with E-state index in [9.17, 15) is 4.79 Å².